The first-order valence-corrected chi connectivity index (χ1v) is 12.8. The SMILES string of the molecule is CC[C@H](F)C(=O)O[C@H]1CC[C@H](COc2ccc([C@H]3CC[C@H](OC(=O)[C@@H](F)CC)CC3)cc2)CC1. The Morgan fingerprint density at radius 1 is 0.794 bits per heavy atom. The lowest BCUT2D eigenvalue weighted by molar-refractivity contribution is -0.157. The maximum absolute atomic E-state index is 13.4. The Hall–Kier alpha value is -2.18. The molecule has 0 unspecified atom stereocenters. The third kappa shape index (κ3) is 7.67. The van der Waals surface area contributed by atoms with E-state index >= 15 is 0 Å². The molecule has 2 fully saturated rings. The van der Waals surface area contributed by atoms with E-state index in [1.807, 2.05) is 12.1 Å². The summed E-state index contributed by atoms with van der Waals surface area (Å²) < 4.78 is 43.4. The van der Waals surface area contributed by atoms with Crippen molar-refractivity contribution in [2.24, 2.45) is 5.92 Å². The van der Waals surface area contributed by atoms with Crippen LogP contribution in [0.2, 0.25) is 0 Å². The van der Waals surface area contributed by atoms with Crippen molar-refractivity contribution in [3.8, 4) is 5.75 Å². The second-order valence-corrected chi connectivity index (χ2v) is 9.62. The normalized spacial score (nSPS) is 26.8. The fourth-order valence-corrected chi connectivity index (χ4v) is 4.79. The monoisotopic (exact) mass is 480 g/mol. The third-order valence-corrected chi connectivity index (χ3v) is 7.10. The molecular weight excluding hydrogens is 442 g/mol. The molecule has 2 atom stereocenters. The van der Waals surface area contributed by atoms with Gasteiger partial charge in [-0.1, -0.05) is 26.0 Å². The zero-order valence-corrected chi connectivity index (χ0v) is 20.3. The highest BCUT2D eigenvalue weighted by Crippen LogP contribution is 2.35. The number of rotatable bonds is 10. The maximum Gasteiger partial charge on any atom is 0.340 e. The van der Waals surface area contributed by atoms with E-state index in [9.17, 15) is 18.4 Å². The largest absolute Gasteiger partial charge is 0.493 e. The van der Waals surface area contributed by atoms with Gasteiger partial charge in [0, 0.05) is 0 Å². The van der Waals surface area contributed by atoms with Crippen molar-refractivity contribution in [1.29, 1.82) is 0 Å². The van der Waals surface area contributed by atoms with E-state index in [4.69, 9.17) is 14.2 Å². The van der Waals surface area contributed by atoms with Crippen LogP contribution in [0, 0.1) is 5.92 Å². The van der Waals surface area contributed by atoms with Crippen LogP contribution >= 0.6 is 0 Å². The van der Waals surface area contributed by atoms with Gasteiger partial charge in [0.25, 0.3) is 0 Å². The summed E-state index contributed by atoms with van der Waals surface area (Å²) in [5.41, 5.74) is 1.25. The Labute approximate surface area is 201 Å². The maximum atomic E-state index is 13.4. The van der Waals surface area contributed by atoms with Crippen molar-refractivity contribution in [1.82, 2.24) is 0 Å². The summed E-state index contributed by atoms with van der Waals surface area (Å²) in [7, 11) is 0. The summed E-state index contributed by atoms with van der Waals surface area (Å²) in [5.74, 6) is 0.174. The van der Waals surface area contributed by atoms with Crippen LogP contribution in [0.3, 0.4) is 0 Å². The molecule has 0 radical (unpaired) electrons. The van der Waals surface area contributed by atoms with E-state index in [-0.39, 0.29) is 25.0 Å². The van der Waals surface area contributed by atoms with Crippen molar-refractivity contribution in [3.05, 3.63) is 29.8 Å². The van der Waals surface area contributed by atoms with Crippen molar-refractivity contribution < 1.29 is 32.6 Å². The Morgan fingerprint density at radius 2 is 1.26 bits per heavy atom. The van der Waals surface area contributed by atoms with E-state index < -0.39 is 24.3 Å². The second kappa shape index (κ2) is 13.1. The molecule has 0 spiro atoms. The summed E-state index contributed by atoms with van der Waals surface area (Å²) in [6.07, 6.45) is 3.53. The molecule has 2 aliphatic rings. The number of hydrogen-bond acceptors (Lipinski definition) is 5. The highest BCUT2D eigenvalue weighted by Gasteiger charge is 2.28. The Balaban J connectivity index is 1.36. The molecule has 0 aliphatic heterocycles. The van der Waals surface area contributed by atoms with E-state index in [1.165, 1.54) is 5.56 Å². The van der Waals surface area contributed by atoms with Gasteiger partial charge in [0.1, 0.15) is 18.0 Å². The summed E-state index contributed by atoms with van der Waals surface area (Å²) in [6, 6.07) is 8.18. The lowest BCUT2D eigenvalue weighted by Gasteiger charge is -2.29. The third-order valence-electron chi connectivity index (χ3n) is 7.10. The van der Waals surface area contributed by atoms with Crippen molar-refractivity contribution in [3.63, 3.8) is 0 Å². The Bertz CT molecular complexity index is 768. The van der Waals surface area contributed by atoms with Gasteiger partial charge in [0.2, 0.25) is 0 Å². The number of halogens is 2. The van der Waals surface area contributed by atoms with Crippen molar-refractivity contribution in [2.45, 2.75) is 109 Å². The molecule has 1 aromatic rings. The van der Waals surface area contributed by atoms with Gasteiger partial charge in [0.05, 0.1) is 6.61 Å². The molecule has 34 heavy (non-hydrogen) atoms. The van der Waals surface area contributed by atoms with E-state index in [0.717, 1.165) is 57.1 Å². The molecule has 0 aromatic heterocycles. The molecule has 0 amide bonds. The molecule has 1 aromatic carbocycles. The van der Waals surface area contributed by atoms with Gasteiger partial charge < -0.3 is 14.2 Å². The molecule has 7 heteroatoms. The minimum Gasteiger partial charge on any atom is -0.493 e. The van der Waals surface area contributed by atoms with Crippen LogP contribution in [0.5, 0.6) is 5.75 Å². The quantitative estimate of drug-likeness (QED) is 0.371. The van der Waals surface area contributed by atoms with Crippen molar-refractivity contribution >= 4 is 11.9 Å². The second-order valence-electron chi connectivity index (χ2n) is 9.62. The van der Waals surface area contributed by atoms with Gasteiger partial charge in [-0.2, -0.15) is 0 Å². The first kappa shape index (κ1) is 26.4. The fourth-order valence-electron chi connectivity index (χ4n) is 4.79. The molecule has 0 bridgehead atoms. The number of esters is 2. The first-order valence-electron chi connectivity index (χ1n) is 12.8. The summed E-state index contributed by atoms with van der Waals surface area (Å²) in [5, 5.41) is 0. The molecule has 0 saturated heterocycles. The number of alkyl halides is 2. The van der Waals surface area contributed by atoms with Crippen LogP contribution in [-0.2, 0) is 19.1 Å². The molecule has 2 aliphatic carbocycles. The van der Waals surface area contributed by atoms with Gasteiger partial charge >= 0.3 is 11.9 Å². The predicted octanol–water partition coefficient (Wildman–Crippen LogP) is 6.23. The number of carbonyl (C=O) groups is 2. The smallest absolute Gasteiger partial charge is 0.340 e. The van der Waals surface area contributed by atoms with Gasteiger partial charge in [-0.05, 0) is 93.7 Å². The fraction of sp³-hybridized carbons (Fsp3) is 0.704. The standard InChI is InChI=1S/C27H38F2O5/c1-3-24(28)26(30)33-22-11-5-18(6-12-22)17-32-21-13-7-19(8-14-21)20-9-15-23(16-10-20)34-27(31)25(29)4-2/h7-8,13-14,18,20,22-25H,3-6,9-12,15-17H2,1-2H3/t18-,20-,22-,23-,24-,25-/m0/s1. The summed E-state index contributed by atoms with van der Waals surface area (Å²) >= 11 is 0. The van der Waals surface area contributed by atoms with Crippen LogP contribution < -0.4 is 4.74 Å². The van der Waals surface area contributed by atoms with Gasteiger partial charge in [-0.15, -0.1) is 0 Å². The summed E-state index contributed by atoms with van der Waals surface area (Å²) in [4.78, 5) is 23.3. The molecule has 2 saturated carbocycles. The van der Waals surface area contributed by atoms with Gasteiger partial charge in [-0.25, -0.2) is 18.4 Å². The molecule has 5 nitrogen and oxygen atoms in total. The minimum atomic E-state index is -1.52. The molecule has 3 rings (SSSR count). The average Bonchev–Trinajstić information content (AvgIpc) is 2.88. The van der Waals surface area contributed by atoms with Crippen molar-refractivity contribution in [2.75, 3.05) is 6.61 Å². The molecule has 0 N–H and O–H groups in total. The zero-order valence-electron chi connectivity index (χ0n) is 20.3. The van der Waals surface area contributed by atoms with E-state index in [2.05, 4.69) is 12.1 Å². The van der Waals surface area contributed by atoms with Crippen LogP contribution in [0.25, 0.3) is 0 Å². The molecule has 0 heterocycles. The number of carbonyl (C=O) groups excluding carboxylic acids is 2. The predicted molar refractivity (Wildman–Crippen MR) is 125 cm³/mol. The average molecular weight is 481 g/mol. The Kier molecular flexibility index (Phi) is 10.1. The van der Waals surface area contributed by atoms with Crippen LogP contribution in [-0.4, -0.2) is 43.1 Å². The van der Waals surface area contributed by atoms with Crippen LogP contribution in [0.15, 0.2) is 24.3 Å². The lowest BCUT2D eigenvalue weighted by Crippen LogP contribution is -2.30. The zero-order chi connectivity index (χ0) is 24.5. The Morgan fingerprint density at radius 3 is 1.74 bits per heavy atom. The number of ether oxygens (including phenoxy) is 3. The molecule has 190 valence electrons. The highest BCUT2D eigenvalue weighted by molar-refractivity contribution is 5.75. The topological polar surface area (TPSA) is 61.8 Å². The van der Waals surface area contributed by atoms with E-state index in [0.29, 0.717) is 18.4 Å². The van der Waals surface area contributed by atoms with E-state index in [1.54, 1.807) is 13.8 Å². The number of hydrogen-bond donors (Lipinski definition) is 0. The van der Waals surface area contributed by atoms with Gasteiger partial charge in [0.15, 0.2) is 12.3 Å². The van der Waals surface area contributed by atoms with Crippen LogP contribution in [0.1, 0.15) is 89.5 Å². The minimum absolute atomic E-state index is 0.150. The first-order chi connectivity index (χ1) is 16.4. The highest BCUT2D eigenvalue weighted by atomic mass is 19.1. The number of benzene rings is 1. The molecular formula is C27H38F2O5. The van der Waals surface area contributed by atoms with Crippen LogP contribution in [0.4, 0.5) is 8.78 Å². The summed E-state index contributed by atoms with van der Waals surface area (Å²) in [6.45, 7) is 3.88. The van der Waals surface area contributed by atoms with Gasteiger partial charge in [-0.3, -0.25) is 0 Å². The lowest BCUT2D eigenvalue weighted by atomic mass is 9.82.